The number of benzene rings is 1. The van der Waals surface area contributed by atoms with Crippen LogP contribution in [0.25, 0.3) is 0 Å². The van der Waals surface area contributed by atoms with E-state index in [4.69, 9.17) is 9.47 Å². The Balaban J connectivity index is 3.58. The van der Waals surface area contributed by atoms with Crippen molar-refractivity contribution < 1.29 is 27.5 Å². The summed E-state index contributed by atoms with van der Waals surface area (Å²) in [6, 6.07) is 4.00. The van der Waals surface area contributed by atoms with E-state index < -0.39 is 20.9 Å². The van der Waals surface area contributed by atoms with Crippen molar-refractivity contribution in [3.05, 3.63) is 23.8 Å². The molecule has 1 aromatic carbocycles. The van der Waals surface area contributed by atoms with Crippen molar-refractivity contribution in [2.75, 3.05) is 13.7 Å². The molecule has 0 aromatic heterocycles. The van der Waals surface area contributed by atoms with E-state index in [1.165, 1.54) is 25.3 Å². The van der Waals surface area contributed by atoms with Gasteiger partial charge in [-0.25, -0.2) is 9.59 Å². The molecule has 0 saturated heterocycles. The largest absolute Gasteiger partial charge is 0.495 e. The number of sulfonamides is 1. The lowest BCUT2D eigenvalue weighted by molar-refractivity contribution is 0.0521. The molecule has 0 radical (unpaired) electrons. The van der Waals surface area contributed by atoms with E-state index >= 15 is 0 Å². The van der Waals surface area contributed by atoms with E-state index in [0.717, 1.165) is 6.08 Å². The number of isocyanates is 1. The molecule has 8 heteroatoms. The number of hydrogen-bond donors (Lipinski definition) is 0. The van der Waals surface area contributed by atoms with Crippen LogP contribution >= 0.6 is 0 Å². The van der Waals surface area contributed by atoms with Gasteiger partial charge in [0.05, 0.1) is 19.3 Å². The fourth-order valence-electron chi connectivity index (χ4n) is 1.41. The average Bonchev–Trinajstić information content (AvgIpc) is 2.38. The summed E-state index contributed by atoms with van der Waals surface area (Å²) in [5.74, 6) is -0.953. The molecule has 19 heavy (non-hydrogen) atoms. The second-order valence-corrected chi connectivity index (χ2v) is 4.76. The summed E-state index contributed by atoms with van der Waals surface area (Å²) in [4.78, 5) is 21.4. The van der Waals surface area contributed by atoms with Crippen LogP contribution in [0.3, 0.4) is 0 Å². The Labute approximate surface area is 109 Å². The molecule has 0 unspecified atom stereocenters. The third kappa shape index (κ3) is 3.18. The maximum Gasteiger partial charge on any atom is 0.339 e. The number of carbonyl (C=O) groups is 1. The third-order valence-electron chi connectivity index (χ3n) is 2.11. The Morgan fingerprint density at radius 2 is 2.11 bits per heavy atom. The van der Waals surface area contributed by atoms with E-state index in [1.54, 1.807) is 6.92 Å². The standard InChI is InChI=1S/C11H11NO6S/c1-3-18-11(14)8-5-4-6-9(17-2)10(8)19(15,16)12-7-13/h4-6H,3H2,1-2H3. The minimum Gasteiger partial charge on any atom is -0.495 e. The van der Waals surface area contributed by atoms with E-state index in [1.807, 2.05) is 0 Å². The molecule has 0 spiro atoms. The molecular weight excluding hydrogens is 274 g/mol. The second kappa shape index (κ2) is 6.12. The molecule has 0 amide bonds. The first kappa shape index (κ1) is 14.9. The Hall–Kier alpha value is -2.18. The Bertz CT molecular complexity index is 631. The summed E-state index contributed by atoms with van der Waals surface area (Å²) in [5.41, 5.74) is -0.250. The summed E-state index contributed by atoms with van der Waals surface area (Å²) >= 11 is 0. The van der Waals surface area contributed by atoms with Gasteiger partial charge in [0.2, 0.25) is 0 Å². The SMILES string of the molecule is CCOC(=O)c1cccc(OC)c1S(=O)(=O)N=C=O. The topological polar surface area (TPSA) is 99.1 Å². The Morgan fingerprint density at radius 3 is 2.63 bits per heavy atom. The van der Waals surface area contributed by atoms with Gasteiger partial charge >= 0.3 is 5.97 Å². The second-order valence-electron chi connectivity index (χ2n) is 3.22. The van der Waals surface area contributed by atoms with Crippen LogP contribution in [-0.4, -0.2) is 34.2 Å². The highest BCUT2D eigenvalue weighted by atomic mass is 32.2. The highest BCUT2D eigenvalue weighted by Crippen LogP contribution is 2.29. The first-order valence-corrected chi connectivity index (χ1v) is 6.60. The van der Waals surface area contributed by atoms with Crippen molar-refractivity contribution in [1.29, 1.82) is 0 Å². The van der Waals surface area contributed by atoms with E-state index in [-0.39, 0.29) is 17.9 Å². The fourth-order valence-corrected chi connectivity index (χ4v) is 2.43. The first-order chi connectivity index (χ1) is 8.97. The van der Waals surface area contributed by atoms with Crippen LogP contribution in [0.1, 0.15) is 17.3 Å². The van der Waals surface area contributed by atoms with Gasteiger partial charge in [-0.05, 0) is 19.1 Å². The number of esters is 1. The van der Waals surface area contributed by atoms with Crippen molar-refractivity contribution in [3.63, 3.8) is 0 Å². The monoisotopic (exact) mass is 285 g/mol. The van der Waals surface area contributed by atoms with Gasteiger partial charge in [-0.3, -0.25) is 0 Å². The average molecular weight is 285 g/mol. The highest BCUT2D eigenvalue weighted by molar-refractivity contribution is 7.90. The molecule has 0 aliphatic rings. The molecule has 0 saturated carbocycles. The van der Waals surface area contributed by atoms with Gasteiger partial charge in [0.1, 0.15) is 10.6 Å². The third-order valence-corrected chi connectivity index (χ3v) is 3.36. The molecular formula is C11H11NO6S. The Kier molecular flexibility index (Phi) is 4.80. The van der Waals surface area contributed by atoms with Crippen LogP contribution < -0.4 is 4.74 Å². The van der Waals surface area contributed by atoms with Crippen LogP contribution in [0.15, 0.2) is 27.5 Å². The number of rotatable bonds is 5. The lowest BCUT2D eigenvalue weighted by atomic mass is 10.2. The van der Waals surface area contributed by atoms with Crippen LogP contribution in [-0.2, 0) is 19.6 Å². The van der Waals surface area contributed by atoms with Crippen molar-refractivity contribution in [2.45, 2.75) is 11.8 Å². The van der Waals surface area contributed by atoms with Gasteiger partial charge in [-0.15, -0.1) is 0 Å². The normalized spacial score (nSPS) is 10.4. The summed E-state index contributed by atoms with van der Waals surface area (Å²) < 4.78 is 36.0. The molecule has 0 fully saturated rings. The van der Waals surface area contributed by atoms with E-state index in [2.05, 4.69) is 4.40 Å². The predicted molar refractivity (Wildman–Crippen MR) is 64.3 cm³/mol. The zero-order valence-corrected chi connectivity index (χ0v) is 11.1. The van der Waals surface area contributed by atoms with Gasteiger partial charge in [-0.1, -0.05) is 10.5 Å². The summed E-state index contributed by atoms with van der Waals surface area (Å²) in [6.07, 6.45) is 0.935. The molecule has 0 aliphatic heterocycles. The molecule has 102 valence electrons. The quantitative estimate of drug-likeness (QED) is 0.452. The van der Waals surface area contributed by atoms with Crippen molar-refractivity contribution >= 4 is 22.1 Å². The van der Waals surface area contributed by atoms with Crippen LogP contribution in [0.5, 0.6) is 5.75 Å². The smallest absolute Gasteiger partial charge is 0.339 e. The van der Waals surface area contributed by atoms with Crippen molar-refractivity contribution in [1.82, 2.24) is 0 Å². The lowest BCUT2D eigenvalue weighted by Crippen LogP contribution is -2.12. The van der Waals surface area contributed by atoms with Gasteiger partial charge in [0, 0.05) is 0 Å². The van der Waals surface area contributed by atoms with E-state index in [0.29, 0.717) is 0 Å². The maximum atomic E-state index is 11.8. The number of hydrogen-bond acceptors (Lipinski definition) is 6. The number of methoxy groups -OCH3 is 1. The summed E-state index contributed by atoms with van der Waals surface area (Å²) in [5, 5.41) is 0. The molecule has 1 aromatic rings. The number of carbonyl (C=O) groups excluding carboxylic acids is 2. The van der Waals surface area contributed by atoms with Gasteiger partial charge in [0.15, 0.2) is 0 Å². The lowest BCUT2D eigenvalue weighted by Gasteiger charge is -2.10. The summed E-state index contributed by atoms with van der Waals surface area (Å²) in [6.45, 7) is 1.66. The van der Waals surface area contributed by atoms with Crippen LogP contribution in [0, 0.1) is 0 Å². The zero-order valence-electron chi connectivity index (χ0n) is 10.2. The molecule has 0 N–H and O–H groups in total. The minimum absolute atomic E-state index is 0.0759. The van der Waals surface area contributed by atoms with E-state index in [9.17, 15) is 18.0 Å². The Morgan fingerprint density at radius 1 is 1.42 bits per heavy atom. The van der Waals surface area contributed by atoms with Gasteiger partial charge in [0.25, 0.3) is 16.1 Å². The van der Waals surface area contributed by atoms with Crippen LogP contribution in [0.2, 0.25) is 0 Å². The number of nitrogens with zero attached hydrogens (tertiary/aromatic N) is 1. The first-order valence-electron chi connectivity index (χ1n) is 5.16. The fraction of sp³-hybridized carbons (Fsp3) is 0.273. The molecule has 0 bridgehead atoms. The highest BCUT2D eigenvalue weighted by Gasteiger charge is 2.27. The minimum atomic E-state index is -4.37. The zero-order chi connectivity index (χ0) is 14.5. The molecule has 0 aliphatic carbocycles. The maximum absolute atomic E-state index is 11.8. The van der Waals surface area contributed by atoms with Crippen molar-refractivity contribution in [2.24, 2.45) is 4.40 Å². The molecule has 0 atom stereocenters. The molecule has 7 nitrogen and oxygen atoms in total. The van der Waals surface area contributed by atoms with Gasteiger partial charge < -0.3 is 9.47 Å². The van der Waals surface area contributed by atoms with Gasteiger partial charge in [-0.2, -0.15) is 8.42 Å². The van der Waals surface area contributed by atoms with Crippen LogP contribution in [0.4, 0.5) is 0 Å². The summed E-state index contributed by atoms with van der Waals surface area (Å²) in [7, 11) is -3.14. The molecule has 1 rings (SSSR count). The predicted octanol–water partition coefficient (Wildman–Crippen LogP) is 0.896. The number of ether oxygens (including phenoxy) is 2. The van der Waals surface area contributed by atoms with Crippen molar-refractivity contribution in [3.8, 4) is 5.75 Å². The molecule has 0 heterocycles.